The van der Waals surface area contributed by atoms with E-state index in [2.05, 4.69) is 15.3 Å². The van der Waals surface area contributed by atoms with Crippen LogP contribution in [-0.2, 0) is 0 Å². The molecule has 0 atom stereocenters. The molecule has 2 aromatic rings. The van der Waals surface area contributed by atoms with Crippen LogP contribution in [-0.4, -0.2) is 29.3 Å². The maximum Gasteiger partial charge on any atom is 0.169 e. The number of aromatic nitrogens is 2. The van der Waals surface area contributed by atoms with Gasteiger partial charge in [0.2, 0.25) is 0 Å². The summed E-state index contributed by atoms with van der Waals surface area (Å²) in [6.07, 6.45) is 0. The number of hydrogen-bond donors (Lipinski definition) is 2. The van der Waals surface area contributed by atoms with E-state index in [1.54, 1.807) is 0 Å². The van der Waals surface area contributed by atoms with Crippen LogP contribution in [0.1, 0.15) is 30.0 Å². The molecular formula is C14H19N3O. The van der Waals surface area contributed by atoms with Crippen molar-refractivity contribution in [2.45, 2.75) is 20.8 Å². The second-order valence-corrected chi connectivity index (χ2v) is 5.30. The van der Waals surface area contributed by atoms with Crippen LogP contribution in [0.2, 0.25) is 0 Å². The van der Waals surface area contributed by atoms with E-state index in [1.165, 1.54) is 0 Å². The van der Waals surface area contributed by atoms with E-state index in [0.717, 1.165) is 22.4 Å². The van der Waals surface area contributed by atoms with Crippen LogP contribution in [0.3, 0.4) is 0 Å². The zero-order valence-electron chi connectivity index (χ0n) is 11.3. The van der Waals surface area contributed by atoms with Gasteiger partial charge in [0.1, 0.15) is 5.82 Å². The maximum absolute atomic E-state index is 12.4. The Morgan fingerprint density at radius 1 is 1.44 bits per heavy atom. The molecule has 2 N–H and O–H groups in total. The average Bonchev–Trinajstić information content (AvgIpc) is 2.66. The van der Waals surface area contributed by atoms with E-state index in [-0.39, 0.29) is 5.78 Å². The number of nitrogens with one attached hydrogen (secondary N) is 2. The van der Waals surface area contributed by atoms with E-state index < -0.39 is 5.41 Å². The van der Waals surface area contributed by atoms with Crippen LogP contribution in [0.4, 0.5) is 0 Å². The number of rotatable bonds is 4. The molecule has 0 saturated carbocycles. The highest BCUT2D eigenvalue weighted by atomic mass is 16.1. The van der Waals surface area contributed by atoms with Crippen LogP contribution < -0.4 is 5.32 Å². The lowest BCUT2D eigenvalue weighted by Crippen LogP contribution is -2.34. The summed E-state index contributed by atoms with van der Waals surface area (Å²) in [6, 6.07) is 5.62. The number of aromatic amines is 1. The monoisotopic (exact) mass is 245 g/mol. The third-order valence-electron chi connectivity index (χ3n) is 3.10. The molecule has 0 radical (unpaired) electrons. The molecule has 2 rings (SSSR count). The van der Waals surface area contributed by atoms with Gasteiger partial charge in [-0.05, 0) is 32.2 Å². The largest absolute Gasteiger partial charge is 0.342 e. The second kappa shape index (κ2) is 4.53. The van der Waals surface area contributed by atoms with Crippen molar-refractivity contribution in [3.8, 4) is 0 Å². The minimum absolute atomic E-state index is 0.144. The smallest absolute Gasteiger partial charge is 0.169 e. The third-order valence-corrected chi connectivity index (χ3v) is 3.10. The Morgan fingerprint density at radius 3 is 2.83 bits per heavy atom. The molecule has 0 spiro atoms. The Morgan fingerprint density at radius 2 is 2.17 bits per heavy atom. The summed E-state index contributed by atoms with van der Waals surface area (Å²) in [5.41, 5.74) is 2.14. The molecule has 96 valence electrons. The highest BCUT2D eigenvalue weighted by Gasteiger charge is 2.28. The van der Waals surface area contributed by atoms with Crippen molar-refractivity contribution in [2.75, 3.05) is 13.6 Å². The second-order valence-electron chi connectivity index (χ2n) is 5.30. The molecule has 1 aromatic heterocycles. The van der Waals surface area contributed by atoms with Crippen molar-refractivity contribution in [1.29, 1.82) is 0 Å². The number of benzene rings is 1. The van der Waals surface area contributed by atoms with Gasteiger partial charge in [-0.2, -0.15) is 0 Å². The molecule has 1 heterocycles. The predicted molar refractivity (Wildman–Crippen MR) is 72.9 cm³/mol. The summed E-state index contributed by atoms with van der Waals surface area (Å²) in [4.78, 5) is 19.9. The topological polar surface area (TPSA) is 57.8 Å². The van der Waals surface area contributed by atoms with E-state index in [9.17, 15) is 4.79 Å². The summed E-state index contributed by atoms with van der Waals surface area (Å²) in [7, 11) is 1.86. The Kier molecular flexibility index (Phi) is 3.22. The van der Waals surface area contributed by atoms with Crippen molar-refractivity contribution in [3.63, 3.8) is 0 Å². The lowest BCUT2D eigenvalue weighted by molar-refractivity contribution is 0.0839. The number of carbonyl (C=O) groups is 1. The first kappa shape index (κ1) is 12.8. The number of ketones is 1. The zero-order chi connectivity index (χ0) is 13.3. The highest BCUT2D eigenvalue weighted by molar-refractivity contribution is 6.02. The SMILES string of the molecule is CNCC(C)(C)C(=O)c1ccc2nc(C)[nH]c2c1. The fourth-order valence-electron chi connectivity index (χ4n) is 2.19. The Bertz CT molecular complexity index is 584. The summed E-state index contributed by atoms with van der Waals surface area (Å²) in [5.74, 6) is 1.01. The van der Waals surface area contributed by atoms with Gasteiger partial charge in [0.15, 0.2) is 5.78 Å². The molecule has 0 fully saturated rings. The van der Waals surface area contributed by atoms with Gasteiger partial charge < -0.3 is 10.3 Å². The number of carbonyl (C=O) groups excluding carboxylic acids is 1. The van der Waals surface area contributed by atoms with Gasteiger partial charge in [-0.3, -0.25) is 4.79 Å². The highest BCUT2D eigenvalue weighted by Crippen LogP contribution is 2.23. The summed E-state index contributed by atoms with van der Waals surface area (Å²) < 4.78 is 0. The van der Waals surface area contributed by atoms with Crippen molar-refractivity contribution in [3.05, 3.63) is 29.6 Å². The van der Waals surface area contributed by atoms with Crippen LogP contribution >= 0.6 is 0 Å². The van der Waals surface area contributed by atoms with E-state index in [4.69, 9.17) is 0 Å². The number of hydrogen-bond acceptors (Lipinski definition) is 3. The first-order chi connectivity index (χ1) is 8.44. The molecule has 0 aliphatic heterocycles. The normalized spacial score (nSPS) is 12.0. The van der Waals surface area contributed by atoms with Crippen molar-refractivity contribution in [2.24, 2.45) is 5.41 Å². The number of imidazole rings is 1. The van der Waals surface area contributed by atoms with Crippen LogP contribution in [0, 0.1) is 12.3 Å². The zero-order valence-corrected chi connectivity index (χ0v) is 11.3. The minimum atomic E-state index is -0.405. The summed E-state index contributed by atoms with van der Waals surface area (Å²) in [5, 5.41) is 3.06. The third kappa shape index (κ3) is 2.29. The summed E-state index contributed by atoms with van der Waals surface area (Å²) in [6.45, 7) is 6.47. The lowest BCUT2D eigenvalue weighted by atomic mass is 9.84. The Hall–Kier alpha value is -1.68. The Labute approximate surface area is 107 Å². The van der Waals surface area contributed by atoms with E-state index in [1.807, 2.05) is 46.0 Å². The van der Waals surface area contributed by atoms with E-state index >= 15 is 0 Å². The van der Waals surface area contributed by atoms with Crippen LogP contribution in [0.15, 0.2) is 18.2 Å². The van der Waals surface area contributed by atoms with Gasteiger partial charge in [-0.25, -0.2) is 4.98 Å². The van der Waals surface area contributed by atoms with Gasteiger partial charge in [0.05, 0.1) is 11.0 Å². The molecule has 18 heavy (non-hydrogen) atoms. The maximum atomic E-state index is 12.4. The van der Waals surface area contributed by atoms with Crippen LogP contribution in [0.25, 0.3) is 11.0 Å². The molecule has 0 aliphatic rings. The molecule has 0 saturated heterocycles. The first-order valence-electron chi connectivity index (χ1n) is 6.10. The van der Waals surface area contributed by atoms with Crippen molar-refractivity contribution in [1.82, 2.24) is 15.3 Å². The van der Waals surface area contributed by atoms with Gasteiger partial charge in [0, 0.05) is 17.5 Å². The molecule has 4 heteroatoms. The number of Topliss-reactive ketones (excluding diaryl/α,β-unsaturated/α-hetero) is 1. The average molecular weight is 245 g/mol. The fraction of sp³-hybridized carbons (Fsp3) is 0.429. The molecule has 1 aromatic carbocycles. The number of nitrogens with zero attached hydrogens (tertiary/aromatic N) is 1. The minimum Gasteiger partial charge on any atom is -0.342 e. The standard InChI is InChI=1S/C14H19N3O/c1-9-16-11-6-5-10(7-12(11)17-9)13(18)14(2,3)8-15-4/h5-7,15H,8H2,1-4H3,(H,16,17). The lowest BCUT2D eigenvalue weighted by Gasteiger charge is -2.22. The summed E-state index contributed by atoms with van der Waals surface area (Å²) >= 11 is 0. The fourth-order valence-corrected chi connectivity index (χ4v) is 2.19. The Balaban J connectivity index is 2.38. The van der Waals surface area contributed by atoms with Crippen molar-refractivity contribution >= 4 is 16.8 Å². The quantitative estimate of drug-likeness (QED) is 0.813. The van der Waals surface area contributed by atoms with Gasteiger partial charge in [0.25, 0.3) is 0 Å². The number of fused-ring (bicyclic) bond motifs is 1. The molecule has 0 aliphatic carbocycles. The molecule has 0 amide bonds. The van der Waals surface area contributed by atoms with Gasteiger partial charge in [-0.1, -0.05) is 13.8 Å². The predicted octanol–water partition coefficient (Wildman–Crippen LogP) is 2.30. The van der Waals surface area contributed by atoms with E-state index in [0.29, 0.717) is 6.54 Å². The molecule has 4 nitrogen and oxygen atoms in total. The van der Waals surface area contributed by atoms with Gasteiger partial charge in [-0.15, -0.1) is 0 Å². The number of H-pyrrole nitrogens is 1. The molecule has 0 bridgehead atoms. The van der Waals surface area contributed by atoms with Crippen molar-refractivity contribution < 1.29 is 4.79 Å². The first-order valence-corrected chi connectivity index (χ1v) is 6.10. The van der Waals surface area contributed by atoms with Gasteiger partial charge >= 0.3 is 0 Å². The van der Waals surface area contributed by atoms with Crippen LogP contribution in [0.5, 0.6) is 0 Å². The number of aryl methyl sites for hydroxylation is 1. The molecule has 0 unspecified atom stereocenters. The molecular weight excluding hydrogens is 226 g/mol.